The van der Waals surface area contributed by atoms with Gasteiger partial charge in [0.2, 0.25) is 5.91 Å². The zero-order chi connectivity index (χ0) is 25.4. The molecule has 10 heteroatoms. The Kier molecular flexibility index (Phi) is 8.62. The fraction of sp³-hybridized carbons (Fsp3) is 0.280. The lowest BCUT2D eigenvalue weighted by Crippen LogP contribution is -2.40. The minimum absolute atomic E-state index is 0.0573. The molecule has 0 saturated heterocycles. The number of anilines is 1. The monoisotopic (exact) mass is 493 g/mol. The number of pyridine rings is 1. The van der Waals surface area contributed by atoms with Gasteiger partial charge in [-0.15, -0.1) is 0 Å². The van der Waals surface area contributed by atoms with Gasteiger partial charge in [0.15, 0.2) is 0 Å². The maximum absolute atomic E-state index is 12.9. The summed E-state index contributed by atoms with van der Waals surface area (Å²) in [6.45, 7) is -2.71. The van der Waals surface area contributed by atoms with Crippen LogP contribution >= 0.6 is 0 Å². The summed E-state index contributed by atoms with van der Waals surface area (Å²) < 4.78 is 68.4. The van der Waals surface area contributed by atoms with Gasteiger partial charge in [-0.05, 0) is 42.2 Å². The van der Waals surface area contributed by atoms with Crippen LogP contribution < -0.4 is 15.0 Å². The molecular formula is C25H24F5N3O2. The minimum atomic E-state index is -4.52. The molecule has 1 atom stereocenters. The van der Waals surface area contributed by atoms with Gasteiger partial charge in [-0.1, -0.05) is 42.5 Å². The molecule has 0 aliphatic heterocycles. The minimum Gasteiger partial charge on any atom is -0.435 e. The number of halogens is 5. The molecule has 1 heterocycles. The van der Waals surface area contributed by atoms with Crippen LogP contribution in [-0.4, -0.2) is 31.1 Å². The SMILES string of the molecule is CNC(=O)[C@H](c1ccccc1)N(CCCc1ccc(C(F)(F)F)nc1)c1cccc(OC(F)F)c1. The van der Waals surface area contributed by atoms with Crippen LogP contribution in [0.15, 0.2) is 72.9 Å². The van der Waals surface area contributed by atoms with Crippen molar-refractivity contribution in [3.05, 3.63) is 89.7 Å². The van der Waals surface area contributed by atoms with Crippen molar-refractivity contribution in [1.29, 1.82) is 0 Å². The standard InChI is InChI=1S/C25H24F5N3O2/c1-31-23(34)22(18-8-3-2-4-9-18)33(19-10-5-11-20(15-19)35-24(26)27)14-6-7-17-12-13-21(32-16-17)25(28,29)30/h2-5,8-13,15-16,22,24H,6-7,14H2,1H3,(H,31,34)/t22-/m0/s1. The number of aromatic nitrogens is 1. The lowest BCUT2D eigenvalue weighted by Gasteiger charge is -2.33. The van der Waals surface area contributed by atoms with E-state index in [1.807, 2.05) is 6.07 Å². The molecule has 0 saturated carbocycles. The van der Waals surface area contributed by atoms with Crippen molar-refractivity contribution < 1.29 is 31.5 Å². The van der Waals surface area contributed by atoms with Gasteiger partial charge in [0, 0.05) is 31.5 Å². The number of carbonyl (C=O) groups excluding carboxylic acids is 1. The van der Waals surface area contributed by atoms with Crippen LogP contribution in [0.4, 0.5) is 27.6 Å². The molecule has 1 N–H and O–H groups in total. The van der Waals surface area contributed by atoms with Crippen LogP contribution in [0.25, 0.3) is 0 Å². The highest BCUT2D eigenvalue weighted by atomic mass is 19.4. The second-order valence-electron chi connectivity index (χ2n) is 7.65. The molecule has 3 rings (SSSR count). The first-order valence-corrected chi connectivity index (χ1v) is 10.8. The summed E-state index contributed by atoms with van der Waals surface area (Å²) in [5, 5.41) is 2.64. The highest BCUT2D eigenvalue weighted by Gasteiger charge is 2.32. The van der Waals surface area contributed by atoms with Crippen LogP contribution in [0.3, 0.4) is 0 Å². The third kappa shape index (κ3) is 7.14. The van der Waals surface area contributed by atoms with E-state index in [9.17, 15) is 26.7 Å². The summed E-state index contributed by atoms with van der Waals surface area (Å²) in [7, 11) is 1.50. The zero-order valence-corrected chi connectivity index (χ0v) is 18.8. The van der Waals surface area contributed by atoms with Gasteiger partial charge >= 0.3 is 12.8 Å². The second kappa shape index (κ2) is 11.6. The molecule has 5 nitrogen and oxygen atoms in total. The molecule has 0 bridgehead atoms. The fourth-order valence-electron chi connectivity index (χ4n) is 3.68. The molecule has 186 valence electrons. The maximum Gasteiger partial charge on any atom is 0.433 e. The molecule has 0 fully saturated rings. The Labute approximate surface area is 199 Å². The van der Waals surface area contributed by atoms with Crippen LogP contribution in [0.1, 0.15) is 29.3 Å². The summed E-state index contributed by atoms with van der Waals surface area (Å²) in [6, 6.07) is 16.5. The average molecular weight is 493 g/mol. The van der Waals surface area contributed by atoms with Gasteiger partial charge < -0.3 is 15.0 Å². The van der Waals surface area contributed by atoms with Gasteiger partial charge in [-0.2, -0.15) is 22.0 Å². The average Bonchev–Trinajstić information content (AvgIpc) is 2.83. The topological polar surface area (TPSA) is 54.5 Å². The summed E-state index contributed by atoms with van der Waals surface area (Å²) in [5.41, 5.74) is 0.792. The second-order valence-corrected chi connectivity index (χ2v) is 7.65. The Bertz CT molecular complexity index is 1090. The van der Waals surface area contributed by atoms with Crippen molar-refractivity contribution in [2.45, 2.75) is 31.7 Å². The van der Waals surface area contributed by atoms with Gasteiger partial charge in [0.25, 0.3) is 0 Å². The summed E-state index contributed by atoms with van der Waals surface area (Å²) in [4.78, 5) is 18.2. The van der Waals surface area contributed by atoms with Crippen LogP contribution in [-0.2, 0) is 17.4 Å². The Morgan fingerprint density at radius 2 is 1.80 bits per heavy atom. The largest absolute Gasteiger partial charge is 0.435 e. The molecular weight excluding hydrogens is 469 g/mol. The third-order valence-electron chi connectivity index (χ3n) is 5.28. The quantitative estimate of drug-likeness (QED) is 0.372. The number of rotatable bonds is 10. The lowest BCUT2D eigenvalue weighted by atomic mass is 10.0. The predicted molar refractivity (Wildman–Crippen MR) is 121 cm³/mol. The van der Waals surface area contributed by atoms with Crippen LogP contribution in [0.5, 0.6) is 5.75 Å². The van der Waals surface area contributed by atoms with Gasteiger partial charge in [-0.25, -0.2) is 0 Å². The number of amides is 1. The van der Waals surface area contributed by atoms with E-state index >= 15 is 0 Å². The summed E-state index contributed by atoms with van der Waals surface area (Å²) >= 11 is 0. The molecule has 0 aliphatic rings. The lowest BCUT2D eigenvalue weighted by molar-refractivity contribution is -0.141. The third-order valence-corrected chi connectivity index (χ3v) is 5.28. The summed E-state index contributed by atoms with van der Waals surface area (Å²) in [5.74, 6) is -0.370. The number of nitrogens with zero attached hydrogens (tertiary/aromatic N) is 2. The number of hydrogen-bond acceptors (Lipinski definition) is 4. The number of carbonyl (C=O) groups is 1. The van der Waals surface area contributed by atoms with Crippen molar-refractivity contribution in [3.8, 4) is 5.75 Å². The van der Waals surface area contributed by atoms with E-state index in [2.05, 4.69) is 15.0 Å². The molecule has 0 aliphatic carbocycles. The molecule has 3 aromatic rings. The molecule has 0 spiro atoms. The first-order chi connectivity index (χ1) is 16.7. The number of alkyl halides is 5. The van der Waals surface area contributed by atoms with E-state index in [4.69, 9.17) is 0 Å². The molecule has 2 aromatic carbocycles. The van der Waals surface area contributed by atoms with Crippen LogP contribution in [0, 0.1) is 0 Å². The summed E-state index contributed by atoms with van der Waals surface area (Å²) in [6.07, 6.45) is -2.49. The number of benzene rings is 2. The Hall–Kier alpha value is -3.69. The van der Waals surface area contributed by atoms with Crippen molar-refractivity contribution in [2.24, 2.45) is 0 Å². The van der Waals surface area contributed by atoms with Crippen molar-refractivity contribution in [2.75, 3.05) is 18.5 Å². The van der Waals surface area contributed by atoms with Crippen molar-refractivity contribution in [3.63, 3.8) is 0 Å². The maximum atomic E-state index is 12.9. The van der Waals surface area contributed by atoms with E-state index in [1.165, 1.54) is 31.4 Å². The Morgan fingerprint density at radius 3 is 2.40 bits per heavy atom. The molecule has 0 unspecified atom stereocenters. The fourth-order valence-corrected chi connectivity index (χ4v) is 3.68. The van der Waals surface area contributed by atoms with E-state index in [1.54, 1.807) is 41.3 Å². The highest BCUT2D eigenvalue weighted by Crippen LogP contribution is 2.31. The molecule has 35 heavy (non-hydrogen) atoms. The van der Waals surface area contributed by atoms with Crippen LogP contribution in [0.2, 0.25) is 0 Å². The van der Waals surface area contributed by atoms with E-state index < -0.39 is 24.5 Å². The predicted octanol–water partition coefficient (Wildman–Crippen LogP) is 5.63. The highest BCUT2D eigenvalue weighted by molar-refractivity contribution is 5.86. The first kappa shape index (κ1) is 25.9. The number of nitrogens with one attached hydrogen (secondary N) is 1. The van der Waals surface area contributed by atoms with E-state index in [-0.39, 0.29) is 11.7 Å². The smallest absolute Gasteiger partial charge is 0.433 e. The number of ether oxygens (including phenoxy) is 1. The molecule has 1 amide bonds. The van der Waals surface area contributed by atoms with Gasteiger partial charge in [-0.3, -0.25) is 9.78 Å². The van der Waals surface area contributed by atoms with Crippen molar-refractivity contribution in [1.82, 2.24) is 10.3 Å². The van der Waals surface area contributed by atoms with E-state index in [0.717, 1.165) is 6.07 Å². The molecule has 0 radical (unpaired) electrons. The zero-order valence-electron chi connectivity index (χ0n) is 18.8. The number of aryl methyl sites for hydroxylation is 1. The van der Waals surface area contributed by atoms with E-state index in [0.29, 0.717) is 36.2 Å². The number of hydrogen-bond donors (Lipinski definition) is 1. The van der Waals surface area contributed by atoms with Crippen molar-refractivity contribution >= 4 is 11.6 Å². The molecule has 1 aromatic heterocycles. The van der Waals surface area contributed by atoms with Gasteiger partial charge in [0.05, 0.1) is 0 Å². The first-order valence-electron chi connectivity index (χ1n) is 10.8. The normalized spacial score (nSPS) is 12.3. The van der Waals surface area contributed by atoms with Gasteiger partial charge in [0.1, 0.15) is 17.5 Å². The Balaban J connectivity index is 1.88. The number of likely N-dealkylation sites (N-methyl/N-ethyl adjacent to an activating group) is 1. The Morgan fingerprint density at radius 1 is 1.06 bits per heavy atom.